The van der Waals surface area contributed by atoms with Crippen LogP contribution >= 0.6 is 0 Å². The van der Waals surface area contributed by atoms with Gasteiger partial charge in [-0.15, -0.1) is 0 Å². The Morgan fingerprint density at radius 3 is 1.56 bits per heavy atom. The first-order chi connectivity index (χ1) is 7.20. The SMILES string of the molecule is CCC(=C(CC)C(C)(C)CCF)C(C)(C)C. The van der Waals surface area contributed by atoms with Gasteiger partial charge in [0.1, 0.15) is 0 Å². The molecular formula is C15H29F. The molecule has 0 saturated carbocycles. The van der Waals surface area contributed by atoms with E-state index in [-0.39, 0.29) is 17.5 Å². The number of hydrogen-bond donors (Lipinski definition) is 0. The Hall–Kier alpha value is -0.330. The zero-order valence-electron chi connectivity index (χ0n) is 12.2. The molecule has 0 spiro atoms. The van der Waals surface area contributed by atoms with Crippen molar-refractivity contribution in [3.05, 3.63) is 11.1 Å². The number of allylic oxidation sites excluding steroid dienone is 2. The van der Waals surface area contributed by atoms with Crippen molar-refractivity contribution in [3.63, 3.8) is 0 Å². The molecule has 0 unspecified atom stereocenters. The highest BCUT2D eigenvalue weighted by atomic mass is 19.1. The van der Waals surface area contributed by atoms with Crippen LogP contribution in [-0.4, -0.2) is 6.67 Å². The van der Waals surface area contributed by atoms with Crippen LogP contribution in [0, 0.1) is 10.8 Å². The fraction of sp³-hybridized carbons (Fsp3) is 0.867. The summed E-state index contributed by atoms with van der Waals surface area (Å²) < 4.78 is 12.6. The predicted molar refractivity (Wildman–Crippen MR) is 71.4 cm³/mol. The molecule has 0 radical (unpaired) electrons. The van der Waals surface area contributed by atoms with E-state index in [0.29, 0.717) is 6.42 Å². The minimum Gasteiger partial charge on any atom is -0.251 e. The topological polar surface area (TPSA) is 0 Å². The van der Waals surface area contributed by atoms with Crippen molar-refractivity contribution in [2.45, 2.75) is 67.7 Å². The van der Waals surface area contributed by atoms with Crippen LogP contribution in [0.1, 0.15) is 67.7 Å². The summed E-state index contributed by atoms with van der Waals surface area (Å²) in [7, 11) is 0. The lowest BCUT2D eigenvalue weighted by molar-refractivity contribution is 0.319. The second-order valence-corrected chi connectivity index (χ2v) is 6.24. The van der Waals surface area contributed by atoms with Crippen molar-refractivity contribution in [2.75, 3.05) is 6.67 Å². The highest BCUT2D eigenvalue weighted by molar-refractivity contribution is 5.25. The van der Waals surface area contributed by atoms with E-state index in [4.69, 9.17) is 0 Å². The van der Waals surface area contributed by atoms with Crippen molar-refractivity contribution >= 4 is 0 Å². The lowest BCUT2D eigenvalue weighted by Gasteiger charge is -2.35. The van der Waals surface area contributed by atoms with Crippen LogP contribution in [0.4, 0.5) is 4.39 Å². The molecule has 0 heterocycles. The normalized spacial score (nSPS) is 15.0. The quantitative estimate of drug-likeness (QED) is 0.542. The molecule has 0 aromatic heterocycles. The second-order valence-electron chi connectivity index (χ2n) is 6.24. The molecule has 0 aromatic rings. The van der Waals surface area contributed by atoms with E-state index in [2.05, 4.69) is 48.5 Å². The van der Waals surface area contributed by atoms with Gasteiger partial charge in [0, 0.05) is 0 Å². The van der Waals surface area contributed by atoms with Crippen molar-refractivity contribution in [3.8, 4) is 0 Å². The first-order valence-corrected chi connectivity index (χ1v) is 6.49. The third-order valence-corrected chi connectivity index (χ3v) is 3.51. The van der Waals surface area contributed by atoms with Crippen molar-refractivity contribution in [2.24, 2.45) is 10.8 Å². The average molecular weight is 228 g/mol. The van der Waals surface area contributed by atoms with Gasteiger partial charge < -0.3 is 0 Å². The van der Waals surface area contributed by atoms with E-state index < -0.39 is 0 Å². The van der Waals surface area contributed by atoms with Gasteiger partial charge in [0.15, 0.2) is 0 Å². The van der Waals surface area contributed by atoms with Gasteiger partial charge in [-0.1, -0.05) is 59.6 Å². The molecule has 0 atom stereocenters. The Kier molecular flexibility index (Phi) is 5.72. The Morgan fingerprint density at radius 1 is 0.875 bits per heavy atom. The third-order valence-electron chi connectivity index (χ3n) is 3.51. The van der Waals surface area contributed by atoms with Crippen molar-refractivity contribution in [1.82, 2.24) is 0 Å². The van der Waals surface area contributed by atoms with E-state index in [1.54, 1.807) is 0 Å². The molecule has 0 amide bonds. The van der Waals surface area contributed by atoms with Gasteiger partial charge in [-0.3, -0.25) is 4.39 Å². The second kappa shape index (κ2) is 5.84. The molecule has 0 rings (SSSR count). The van der Waals surface area contributed by atoms with Crippen molar-refractivity contribution in [1.29, 1.82) is 0 Å². The number of hydrogen-bond acceptors (Lipinski definition) is 0. The van der Waals surface area contributed by atoms with Crippen molar-refractivity contribution < 1.29 is 4.39 Å². The third kappa shape index (κ3) is 3.92. The maximum atomic E-state index is 12.6. The van der Waals surface area contributed by atoms with E-state index >= 15 is 0 Å². The van der Waals surface area contributed by atoms with Crippen LogP contribution in [0.15, 0.2) is 11.1 Å². The van der Waals surface area contributed by atoms with E-state index in [0.717, 1.165) is 12.8 Å². The number of alkyl halides is 1. The zero-order chi connectivity index (χ0) is 13.0. The molecule has 0 fully saturated rings. The van der Waals surface area contributed by atoms with Crippen LogP contribution in [0.5, 0.6) is 0 Å². The summed E-state index contributed by atoms with van der Waals surface area (Å²) in [5, 5.41) is 0. The minimum atomic E-state index is -0.225. The summed E-state index contributed by atoms with van der Waals surface area (Å²) in [6.07, 6.45) is 2.74. The highest BCUT2D eigenvalue weighted by Gasteiger charge is 2.28. The zero-order valence-corrected chi connectivity index (χ0v) is 12.2. The minimum absolute atomic E-state index is 0.00211. The van der Waals surface area contributed by atoms with Crippen LogP contribution < -0.4 is 0 Å². The van der Waals surface area contributed by atoms with E-state index in [9.17, 15) is 4.39 Å². The Morgan fingerprint density at radius 2 is 1.31 bits per heavy atom. The molecule has 0 N–H and O–H groups in total. The number of halogens is 1. The van der Waals surface area contributed by atoms with Gasteiger partial charge in [0.25, 0.3) is 0 Å². The van der Waals surface area contributed by atoms with Crippen LogP contribution in [0.3, 0.4) is 0 Å². The fourth-order valence-corrected chi connectivity index (χ4v) is 2.68. The molecule has 16 heavy (non-hydrogen) atoms. The lowest BCUT2D eigenvalue weighted by Crippen LogP contribution is -2.22. The monoisotopic (exact) mass is 228 g/mol. The largest absolute Gasteiger partial charge is 0.251 e. The summed E-state index contributed by atoms with van der Waals surface area (Å²) in [6, 6.07) is 0. The van der Waals surface area contributed by atoms with Crippen LogP contribution in [-0.2, 0) is 0 Å². The summed E-state index contributed by atoms with van der Waals surface area (Å²) in [5.41, 5.74) is 3.17. The fourth-order valence-electron chi connectivity index (χ4n) is 2.68. The molecular weight excluding hydrogens is 199 g/mol. The maximum Gasteiger partial charge on any atom is 0.0902 e. The smallest absolute Gasteiger partial charge is 0.0902 e. The van der Waals surface area contributed by atoms with Gasteiger partial charge in [-0.05, 0) is 30.1 Å². The molecule has 1 heteroatoms. The van der Waals surface area contributed by atoms with Gasteiger partial charge in [0.05, 0.1) is 6.67 Å². The first kappa shape index (κ1) is 15.7. The summed E-state index contributed by atoms with van der Waals surface area (Å²) in [5.74, 6) is 0. The van der Waals surface area contributed by atoms with Gasteiger partial charge >= 0.3 is 0 Å². The van der Waals surface area contributed by atoms with Crippen LogP contribution in [0.2, 0.25) is 0 Å². The summed E-state index contributed by atoms with van der Waals surface area (Å²) >= 11 is 0. The molecule has 0 aliphatic carbocycles. The van der Waals surface area contributed by atoms with Gasteiger partial charge in [-0.25, -0.2) is 0 Å². The maximum absolute atomic E-state index is 12.6. The molecule has 0 nitrogen and oxygen atoms in total. The lowest BCUT2D eigenvalue weighted by atomic mass is 9.71. The Balaban J connectivity index is 5.43. The van der Waals surface area contributed by atoms with Gasteiger partial charge in [-0.2, -0.15) is 0 Å². The molecule has 96 valence electrons. The van der Waals surface area contributed by atoms with Gasteiger partial charge in [0.2, 0.25) is 0 Å². The average Bonchev–Trinajstić information content (AvgIpc) is 2.11. The number of rotatable bonds is 5. The summed E-state index contributed by atoms with van der Waals surface area (Å²) in [6.45, 7) is 15.3. The Labute approximate surface area is 101 Å². The molecule has 0 saturated heterocycles. The van der Waals surface area contributed by atoms with E-state index in [1.165, 1.54) is 11.1 Å². The molecule has 0 bridgehead atoms. The predicted octanol–water partition coefficient (Wildman–Crippen LogP) is 5.53. The highest BCUT2D eigenvalue weighted by Crippen LogP contribution is 2.41. The first-order valence-electron chi connectivity index (χ1n) is 6.49. The van der Waals surface area contributed by atoms with Crippen LogP contribution in [0.25, 0.3) is 0 Å². The molecule has 0 aromatic carbocycles. The standard InChI is InChI=1S/C15H29F/c1-8-12(14(3,4)5)13(9-2)15(6,7)10-11-16/h8-11H2,1-7H3. The molecule has 0 aliphatic rings. The molecule has 0 aliphatic heterocycles. The Bertz CT molecular complexity index is 241. The van der Waals surface area contributed by atoms with E-state index in [1.807, 2.05) is 0 Å². The summed E-state index contributed by atoms with van der Waals surface area (Å²) in [4.78, 5) is 0.